The van der Waals surface area contributed by atoms with Crippen LogP contribution in [0.3, 0.4) is 0 Å². The third kappa shape index (κ3) is 4.08. The highest BCUT2D eigenvalue weighted by Crippen LogP contribution is 2.27. The largest absolute Gasteiger partial charge is 0.497 e. The van der Waals surface area contributed by atoms with Crippen LogP contribution in [0, 0.1) is 0 Å². The molecule has 0 aliphatic carbocycles. The molecule has 2 amide bonds. The molecule has 0 radical (unpaired) electrons. The first-order chi connectivity index (χ1) is 12.6. The molecule has 0 atom stereocenters. The maximum Gasteiger partial charge on any atom is 0.231 e. The molecule has 0 spiro atoms. The van der Waals surface area contributed by atoms with Gasteiger partial charge in [-0.3, -0.25) is 14.4 Å². The number of para-hydroxylation sites is 1. The summed E-state index contributed by atoms with van der Waals surface area (Å²) in [4.78, 5) is 38.1. The van der Waals surface area contributed by atoms with E-state index in [1.165, 1.54) is 12.0 Å². The van der Waals surface area contributed by atoms with Gasteiger partial charge in [-0.1, -0.05) is 24.3 Å². The highest BCUT2D eigenvalue weighted by atomic mass is 16.5. The predicted molar refractivity (Wildman–Crippen MR) is 98.4 cm³/mol. The van der Waals surface area contributed by atoms with Gasteiger partial charge in [-0.2, -0.15) is 0 Å². The van der Waals surface area contributed by atoms with E-state index in [2.05, 4.69) is 5.32 Å². The van der Waals surface area contributed by atoms with Crippen molar-refractivity contribution < 1.29 is 19.1 Å². The Balaban J connectivity index is 1.62. The average Bonchev–Trinajstić information content (AvgIpc) is 2.64. The van der Waals surface area contributed by atoms with E-state index in [1.807, 2.05) is 24.3 Å². The van der Waals surface area contributed by atoms with Crippen molar-refractivity contribution in [1.82, 2.24) is 0 Å². The first kappa shape index (κ1) is 17.7. The van der Waals surface area contributed by atoms with E-state index in [4.69, 9.17) is 4.74 Å². The molecule has 0 fully saturated rings. The van der Waals surface area contributed by atoms with Crippen LogP contribution in [0.5, 0.6) is 5.75 Å². The number of carbonyl (C=O) groups excluding carboxylic acids is 3. The summed E-state index contributed by atoms with van der Waals surface area (Å²) < 4.78 is 5.10. The first-order valence-corrected chi connectivity index (χ1v) is 8.40. The van der Waals surface area contributed by atoms with E-state index in [-0.39, 0.29) is 24.7 Å². The fraction of sp³-hybridized carbons (Fsp3) is 0.250. The van der Waals surface area contributed by atoms with Gasteiger partial charge in [0, 0.05) is 23.9 Å². The highest BCUT2D eigenvalue weighted by Gasteiger charge is 2.26. The molecule has 1 N–H and O–H groups in total. The number of fused-ring (bicyclic) bond motifs is 1. The highest BCUT2D eigenvalue weighted by molar-refractivity contribution is 6.08. The van der Waals surface area contributed by atoms with E-state index in [1.54, 1.807) is 24.3 Å². The molecular weight excluding hydrogens is 332 g/mol. The number of nitrogens with zero attached hydrogens (tertiary/aromatic N) is 1. The second kappa shape index (κ2) is 7.82. The van der Waals surface area contributed by atoms with Crippen LogP contribution < -0.4 is 15.0 Å². The van der Waals surface area contributed by atoms with Crippen molar-refractivity contribution in [2.24, 2.45) is 0 Å². The number of benzene rings is 2. The van der Waals surface area contributed by atoms with E-state index in [0.29, 0.717) is 24.3 Å². The van der Waals surface area contributed by atoms with E-state index < -0.39 is 5.91 Å². The van der Waals surface area contributed by atoms with Gasteiger partial charge in [-0.05, 0) is 30.2 Å². The summed E-state index contributed by atoms with van der Waals surface area (Å²) in [7, 11) is 1.54. The van der Waals surface area contributed by atoms with Crippen LogP contribution in [-0.4, -0.2) is 31.3 Å². The minimum Gasteiger partial charge on any atom is -0.497 e. The molecule has 0 bridgehead atoms. The Kier molecular flexibility index (Phi) is 5.31. The number of rotatable bonds is 6. The number of amides is 2. The molecule has 1 aliphatic rings. The Bertz CT molecular complexity index is 847. The Hall–Kier alpha value is -3.15. The molecule has 6 heteroatoms. The molecule has 2 aromatic rings. The van der Waals surface area contributed by atoms with Gasteiger partial charge in [0.05, 0.1) is 20.1 Å². The maximum absolute atomic E-state index is 12.3. The molecule has 26 heavy (non-hydrogen) atoms. The van der Waals surface area contributed by atoms with Gasteiger partial charge < -0.3 is 15.0 Å². The lowest BCUT2D eigenvalue weighted by molar-refractivity contribution is -0.126. The van der Waals surface area contributed by atoms with E-state index in [0.717, 1.165) is 11.3 Å². The van der Waals surface area contributed by atoms with Crippen molar-refractivity contribution in [3.63, 3.8) is 0 Å². The Labute approximate surface area is 151 Å². The standard InChI is InChI=1S/C20H20N2O4/c1-26-17-7-4-6-15(11-17)21-19(24)12-16(23)13-22-18-8-3-2-5-14(18)9-10-20(22)25/h2-8,11H,9-10,12-13H2,1H3,(H,21,24). The number of nitrogens with one attached hydrogen (secondary N) is 1. The molecule has 0 saturated carbocycles. The van der Waals surface area contributed by atoms with E-state index >= 15 is 0 Å². The third-order valence-electron chi connectivity index (χ3n) is 4.24. The predicted octanol–water partition coefficient (Wildman–Crippen LogP) is 2.57. The molecule has 0 aromatic heterocycles. The summed E-state index contributed by atoms with van der Waals surface area (Å²) in [5.74, 6) is -0.202. The number of methoxy groups -OCH3 is 1. The Morgan fingerprint density at radius 2 is 1.92 bits per heavy atom. The van der Waals surface area contributed by atoms with Gasteiger partial charge in [-0.25, -0.2) is 0 Å². The van der Waals surface area contributed by atoms with Crippen LogP contribution in [0.25, 0.3) is 0 Å². The summed E-state index contributed by atoms with van der Waals surface area (Å²) in [6.45, 7) is -0.0959. The smallest absolute Gasteiger partial charge is 0.231 e. The number of hydrogen-bond donors (Lipinski definition) is 1. The SMILES string of the molecule is COc1cccc(NC(=O)CC(=O)CN2C(=O)CCc3ccccc32)c1. The minimum atomic E-state index is -0.416. The van der Waals surface area contributed by atoms with Crippen LogP contribution in [0.4, 0.5) is 11.4 Å². The second-order valence-corrected chi connectivity index (χ2v) is 6.10. The van der Waals surface area contributed by atoms with Gasteiger partial charge >= 0.3 is 0 Å². The van der Waals surface area contributed by atoms with Gasteiger partial charge in [0.25, 0.3) is 0 Å². The Morgan fingerprint density at radius 3 is 2.73 bits per heavy atom. The van der Waals surface area contributed by atoms with Crippen molar-refractivity contribution in [2.45, 2.75) is 19.3 Å². The minimum absolute atomic E-state index is 0.0924. The monoisotopic (exact) mass is 352 g/mol. The van der Waals surface area contributed by atoms with Crippen LogP contribution in [0.15, 0.2) is 48.5 Å². The molecule has 3 rings (SSSR count). The molecular formula is C20H20N2O4. The molecule has 134 valence electrons. The lowest BCUT2D eigenvalue weighted by atomic mass is 10.0. The maximum atomic E-state index is 12.3. The van der Waals surface area contributed by atoms with Gasteiger partial charge in [0.1, 0.15) is 5.75 Å². The zero-order valence-electron chi connectivity index (χ0n) is 14.5. The van der Waals surface area contributed by atoms with Gasteiger partial charge in [0.15, 0.2) is 5.78 Å². The van der Waals surface area contributed by atoms with Gasteiger partial charge in [0.2, 0.25) is 11.8 Å². The summed E-state index contributed by atoms with van der Waals surface area (Å²) in [5.41, 5.74) is 2.35. The van der Waals surface area contributed by atoms with Crippen molar-refractivity contribution >= 4 is 29.0 Å². The number of aryl methyl sites for hydroxylation is 1. The summed E-state index contributed by atoms with van der Waals surface area (Å²) in [6.07, 6.45) is 0.763. The van der Waals surface area contributed by atoms with Gasteiger partial charge in [-0.15, -0.1) is 0 Å². The molecule has 6 nitrogen and oxygen atoms in total. The summed E-state index contributed by atoms with van der Waals surface area (Å²) in [5, 5.41) is 2.67. The molecule has 2 aromatic carbocycles. The van der Waals surface area contributed by atoms with Crippen LogP contribution in [0.1, 0.15) is 18.4 Å². The first-order valence-electron chi connectivity index (χ1n) is 8.40. The molecule has 1 heterocycles. The van der Waals surface area contributed by atoms with Crippen molar-refractivity contribution in [3.05, 3.63) is 54.1 Å². The average molecular weight is 352 g/mol. The number of ether oxygens (including phenoxy) is 1. The van der Waals surface area contributed by atoms with Crippen molar-refractivity contribution in [1.29, 1.82) is 0 Å². The number of hydrogen-bond acceptors (Lipinski definition) is 4. The normalized spacial score (nSPS) is 13.1. The quantitative estimate of drug-likeness (QED) is 0.811. The second-order valence-electron chi connectivity index (χ2n) is 6.10. The molecule has 0 saturated heterocycles. The van der Waals surface area contributed by atoms with Crippen LogP contribution >= 0.6 is 0 Å². The Morgan fingerprint density at radius 1 is 1.12 bits per heavy atom. The number of anilines is 2. The summed E-state index contributed by atoms with van der Waals surface area (Å²) >= 11 is 0. The third-order valence-corrected chi connectivity index (χ3v) is 4.24. The topological polar surface area (TPSA) is 75.7 Å². The van der Waals surface area contributed by atoms with Crippen molar-refractivity contribution in [3.8, 4) is 5.75 Å². The lowest BCUT2D eigenvalue weighted by Crippen LogP contribution is -2.39. The number of carbonyl (C=O) groups is 3. The summed E-state index contributed by atoms with van der Waals surface area (Å²) in [6, 6.07) is 14.4. The zero-order chi connectivity index (χ0) is 18.5. The number of ketones is 1. The number of Topliss-reactive ketones (excluding diaryl/α,β-unsaturated/α-hetero) is 1. The van der Waals surface area contributed by atoms with Crippen LogP contribution in [-0.2, 0) is 20.8 Å². The van der Waals surface area contributed by atoms with Crippen molar-refractivity contribution in [2.75, 3.05) is 23.9 Å². The van der Waals surface area contributed by atoms with E-state index in [9.17, 15) is 14.4 Å². The zero-order valence-corrected chi connectivity index (χ0v) is 14.5. The lowest BCUT2D eigenvalue weighted by Gasteiger charge is -2.28. The molecule has 0 unspecified atom stereocenters. The fourth-order valence-electron chi connectivity index (χ4n) is 2.99. The fourth-order valence-corrected chi connectivity index (χ4v) is 2.99. The molecule has 1 aliphatic heterocycles. The van der Waals surface area contributed by atoms with Crippen LogP contribution in [0.2, 0.25) is 0 Å².